The molecule has 0 bridgehead atoms. The molecule has 0 amide bonds. The summed E-state index contributed by atoms with van der Waals surface area (Å²) in [5, 5.41) is 0.960. The fraction of sp³-hybridized carbons (Fsp3) is 0.600. The molecule has 1 aromatic carbocycles. The molecule has 0 radical (unpaired) electrons. The zero-order valence-corrected chi connectivity index (χ0v) is 13.0. The molecule has 0 saturated heterocycles. The van der Waals surface area contributed by atoms with E-state index >= 15 is 0 Å². The lowest BCUT2D eigenvalue weighted by Crippen LogP contribution is -2.37. The van der Waals surface area contributed by atoms with Gasteiger partial charge in [-0.25, -0.2) is 0 Å². The predicted octanol–water partition coefficient (Wildman–Crippen LogP) is 5.23. The molecule has 1 atom stereocenters. The van der Waals surface area contributed by atoms with Crippen LogP contribution < -0.4 is 5.73 Å². The van der Waals surface area contributed by atoms with E-state index in [0.29, 0.717) is 29.3 Å². The molecule has 1 aliphatic rings. The Balaban J connectivity index is 1.90. The molecule has 0 aromatic heterocycles. The van der Waals surface area contributed by atoms with Crippen molar-refractivity contribution >= 4 is 23.2 Å². The van der Waals surface area contributed by atoms with Crippen molar-refractivity contribution in [1.29, 1.82) is 0 Å². The molecule has 21 heavy (non-hydrogen) atoms. The Kier molecular flexibility index (Phi) is 5.44. The molecule has 2 N–H and O–H groups in total. The van der Waals surface area contributed by atoms with E-state index in [1.165, 1.54) is 0 Å². The van der Waals surface area contributed by atoms with Gasteiger partial charge in [0.05, 0.1) is 16.0 Å². The van der Waals surface area contributed by atoms with E-state index in [1.807, 2.05) is 6.07 Å². The third-order valence-electron chi connectivity index (χ3n) is 4.30. The van der Waals surface area contributed by atoms with Gasteiger partial charge in [-0.3, -0.25) is 0 Å². The molecule has 1 saturated carbocycles. The quantitative estimate of drug-likeness (QED) is 0.801. The number of nitrogens with two attached hydrogens (primary N) is 1. The van der Waals surface area contributed by atoms with Crippen LogP contribution in [0.3, 0.4) is 0 Å². The van der Waals surface area contributed by atoms with Crippen LogP contribution in [0.4, 0.5) is 13.2 Å². The smallest absolute Gasteiger partial charge is 0.327 e. The van der Waals surface area contributed by atoms with Crippen molar-refractivity contribution in [2.24, 2.45) is 17.6 Å². The summed E-state index contributed by atoms with van der Waals surface area (Å²) in [6.07, 6.45) is -2.02. The molecule has 1 fully saturated rings. The first-order chi connectivity index (χ1) is 9.77. The monoisotopic (exact) mass is 339 g/mol. The van der Waals surface area contributed by atoms with Crippen molar-refractivity contribution < 1.29 is 13.2 Å². The van der Waals surface area contributed by atoms with Crippen LogP contribution in [0.25, 0.3) is 0 Å². The van der Waals surface area contributed by atoms with E-state index in [2.05, 4.69) is 0 Å². The standard InChI is InChI=1S/C15H18Cl2F3N/c16-12-6-1-9(7-13(12)17)8-14(21)10-2-4-11(5-3-10)15(18,19)20/h1,6-7,10-11,14H,2-5,8,21H2. The summed E-state index contributed by atoms with van der Waals surface area (Å²) in [4.78, 5) is 0. The van der Waals surface area contributed by atoms with Gasteiger partial charge >= 0.3 is 6.18 Å². The molecule has 0 spiro atoms. The number of hydrogen-bond donors (Lipinski definition) is 1. The van der Waals surface area contributed by atoms with Crippen LogP contribution >= 0.6 is 23.2 Å². The van der Waals surface area contributed by atoms with Gasteiger partial charge in [0.15, 0.2) is 0 Å². The lowest BCUT2D eigenvalue weighted by molar-refractivity contribution is -0.184. The SMILES string of the molecule is NC(Cc1ccc(Cl)c(Cl)c1)C1CCC(C(F)(F)F)CC1. The summed E-state index contributed by atoms with van der Waals surface area (Å²) in [5.74, 6) is -1.02. The fourth-order valence-electron chi connectivity index (χ4n) is 2.98. The van der Waals surface area contributed by atoms with Gasteiger partial charge in [0.25, 0.3) is 0 Å². The predicted molar refractivity (Wildman–Crippen MR) is 79.6 cm³/mol. The lowest BCUT2D eigenvalue weighted by atomic mass is 9.77. The van der Waals surface area contributed by atoms with Gasteiger partial charge in [-0.15, -0.1) is 0 Å². The average Bonchev–Trinajstić information content (AvgIpc) is 2.42. The Labute approximate surface area is 132 Å². The molecule has 0 aliphatic heterocycles. The van der Waals surface area contributed by atoms with Crippen LogP contribution in [0.15, 0.2) is 18.2 Å². The highest BCUT2D eigenvalue weighted by Crippen LogP contribution is 2.40. The summed E-state index contributed by atoms with van der Waals surface area (Å²) < 4.78 is 37.9. The third-order valence-corrected chi connectivity index (χ3v) is 5.03. The van der Waals surface area contributed by atoms with E-state index in [1.54, 1.807) is 12.1 Å². The molecule has 1 nitrogen and oxygen atoms in total. The minimum Gasteiger partial charge on any atom is -0.327 e. The maximum atomic E-state index is 12.6. The van der Waals surface area contributed by atoms with Crippen LogP contribution in [0.5, 0.6) is 0 Å². The maximum absolute atomic E-state index is 12.6. The first-order valence-corrected chi connectivity index (χ1v) is 7.79. The van der Waals surface area contributed by atoms with Gasteiger partial charge in [-0.1, -0.05) is 29.3 Å². The summed E-state index contributed by atoms with van der Waals surface area (Å²) >= 11 is 11.8. The summed E-state index contributed by atoms with van der Waals surface area (Å²) in [6.45, 7) is 0. The Morgan fingerprint density at radius 2 is 1.71 bits per heavy atom. The van der Waals surface area contributed by atoms with Crippen molar-refractivity contribution in [3.63, 3.8) is 0 Å². The van der Waals surface area contributed by atoms with Gasteiger partial charge < -0.3 is 5.73 Å². The van der Waals surface area contributed by atoms with Crippen molar-refractivity contribution in [1.82, 2.24) is 0 Å². The zero-order valence-electron chi connectivity index (χ0n) is 11.5. The number of halogens is 5. The Morgan fingerprint density at radius 1 is 1.10 bits per heavy atom. The minimum atomic E-state index is -4.07. The van der Waals surface area contributed by atoms with Crippen LogP contribution in [-0.2, 0) is 6.42 Å². The molecule has 2 rings (SSSR count). The minimum absolute atomic E-state index is 0.137. The summed E-state index contributed by atoms with van der Waals surface area (Å²) in [7, 11) is 0. The zero-order chi connectivity index (χ0) is 15.6. The molecule has 118 valence electrons. The largest absolute Gasteiger partial charge is 0.391 e. The molecule has 1 unspecified atom stereocenters. The van der Waals surface area contributed by atoms with E-state index in [-0.39, 0.29) is 24.8 Å². The Morgan fingerprint density at radius 3 is 2.24 bits per heavy atom. The van der Waals surface area contributed by atoms with Crippen molar-refractivity contribution in [2.45, 2.75) is 44.3 Å². The van der Waals surface area contributed by atoms with Crippen molar-refractivity contribution in [3.05, 3.63) is 33.8 Å². The second-order valence-corrected chi connectivity index (χ2v) is 6.58. The van der Waals surface area contributed by atoms with E-state index in [4.69, 9.17) is 28.9 Å². The third kappa shape index (κ3) is 4.51. The van der Waals surface area contributed by atoms with Crippen molar-refractivity contribution in [2.75, 3.05) is 0 Å². The fourth-order valence-corrected chi connectivity index (χ4v) is 3.30. The highest BCUT2D eigenvalue weighted by atomic mass is 35.5. The molecule has 6 heteroatoms. The first-order valence-electron chi connectivity index (χ1n) is 7.03. The van der Waals surface area contributed by atoms with Gasteiger partial charge in [0, 0.05) is 6.04 Å². The van der Waals surface area contributed by atoms with Crippen LogP contribution in [0, 0.1) is 11.8 Å². The number of alkyl halides is 3. The first kappa shape index (κ1) is 16.9. The number of hydrogen-bond acceptors (Lipinski definition) is 1. The summed E-state index contributed by atoms with van der Waals surface area (Å²) in [6, 6.07) is 5.20. The second kappa shape index (κ2) is 6.76. The number of rotatable bonds is 3. The van der Waals surface area contributed by atoms with Crippen LogP contribution in [0.1, 0.15) is 31.2 Å². The Hall–Kier alpha value is -0.450. The molecule has 1 aliphatic carbocycles. The lowest BCUT2D eigenvalue weighted by Gasteiger charge is -2.33. The van der Waals surface area contributed by atoms with Crippen LogP contribution in [-0.4, -0.2) is 12.2 Å². The van der Waals surface area contributed by atoms with Gasteiger partial charge in [0.2, 0.25) is 0 Å². The van der Waals surface area contributed by atoms with Gasteiger partial charge in [-0.2, -0.15) is 13.2 Å². The Bertz CT molecular complexity index is 482. The highest BCUT2D eigenvalue weighted by Gasteiger charge is 2.42. The summed E-state index contributed by atoms with van der Waals surface area (Å²) in [5.41, 5.74) is 7.13. The topological polar surface area (TPSA) is 26.0 Å². The molecule has 1 aromatic rings. The molecule has 0 heterocycles. The maximum Gasteiger partial charge on any atom is 0.391 e. The van der Waals surface area contributed by atoms with E-state index in [0.717, 1.165) is 5.56 Å². The molecular weight excluding hydrogens is 322 g/mol. The van der Waals surface area contributed by atoms with Crippen molar-refractivity contribution in [3.8, 4) is 0 Å². The average molecular weight is 340 g/mol. The number of benzene rings is 1. The normalized spacial score (nSPS) is 24.9. The molecular formula is C15H18Cl2F3N. The second-order valence-electron chi connectivity index (χ2n) is 5.77. The highest BCUT2D eigenvalue weighted by molar-refractivity contribution is 6.42. The van der Waals surface area contributed by atoms with Gasteiger partial charge in [-0.05, 0) is 55.7 Å². The van der Waals surface area contributed by atoms with Gasteiger partial charge in [0.1, 0.15) is 0 Å². The van der Waals surface area contributed by atoms with E-state index < -0.39 is 12.1 Å². The van der Waals surface area contributed by atoms with Crippen LogP contribution in [0.2, 0.25) is 10.0 Å². The van der Waals surface area contributed by atoms with E-state index in [9.17, 15) is 13.2 Å².